The number of nitrogens with one attached hydrogen (secondary N) is 2. The van der Waals surface area contributed by atoms with Crippen molar-refractivity contribution in [1.82, 2.24) is 0 Å². The van der Waals surface area contributed by atoms with Crippen LogP contribution in [-0.4, -0.2) is 25.5 Å². The van der Waals surface area contributed by atoms with Crippen LogP contribution < -0.4 is 20.1 Å². The summed E-state index contributed by atoms with van der Waals surface area (Å²) in [5.41, 5.74) is 1.60. The number of carbonyl (C=O) groups excluding carboxylic acids is 2. The van der Waals surface area contributed by atoms with Crippen LogP contribution in [0.25, 0.3) is 0 Å². The average molecular weight is 312 g/mol. The van der Waals surface area contributed by atoms with Gasteiger partial charge in [0.15, 0.2) is 0 Å². The van der Waals surface area contributed by atoms with Crippen molar-refractivity contribution >= 4 is 23.2 Å². The monoisotopic (exact) mass is 312 g/mol. The molecule has 1 aliphatic rings. The summed E-state index contributed by atoms with van der Waals surface area (Å²) in [6, 6.07) is 12.0. The number of amides is 2. The molecule has 2 amide bonds. The van der Waals surface area contributed by atoms with E-state index in [1.54, 1.807) is 49.6 Å². The third-order valence-electron chi connectivity index (χ3n) is 3.45. The molecule has 0 spiro atoms. The summed E-state index contributed by atoms with van der Waals surface area (Å²) in [7, 11) is 1.58. The van der Waals surface area contributed by atoms with Crippen LogP contribution in [0.15, 0.2) is 42.5 Å². The predicted octanol–water partition coefficient (Wildman–Crippen LogP) is 2.67. The Morgan fingerprint density at radius 1 is 1.22 bits per heavy atom. The van der Waals surface area contributed by atoms with Gasteiger partial charge >= 0.3 is 0 Å². The van der Waals surface area contributed by atoms with Crippen LogP contribution in [0.2, 0.25) is 0 Å². The van der Waals surface area contributed by atoms with Crippen LogP contribution in [0.1, 0.15) is 16.8 Å². The van der Waals surface area contributed by atoms with Crippen LogP contribution in [-0.2, 0) is 4.79 Å². The van der Waals surface area contributed by atoms with Gasteiger partial charge in [-0.25, -0.2) is 0 Å². The lowest BCUT2D eigenvalue weighted by Crippen LogP contribution is -2.13. The molecule has 23 heavy (non-hydrogen) atoms. The molecule has 1 aliphatic heterocycles. The zero-order valence-corrected chi connectivity index (χ0v) is 12.6. The summed E-state index contributed by atoms with van der Waals surface area (Å²) >= 11 is 0. The molecule has 0 aromatic heterocycles. The predicted molar refractivity (Wildman–Crippen MR) is 86.1 cm³/mol. The Morgan fingerprint density at radius 3 is 2.74 bits per heavy atom. The molecule has 0 aliphatic carbocycles. The minimum absolute atomic E-state index is 0.128. The van der Waals surface area contributed by atoms with Crippen molar-refractivity contribution in [2.24, 2.45) is 0 Å². The first kappa shape index (κ1) is 14.9. The van der Waals surface area contributed by atoms with E-state index < -0.39 is 0 Å². The van der Waals surface area contributed by atoms with Gasteiger partial charge in [-0.3, -0.25) is 9.59 Å². The van der Waals surface area contributed by atoms with E-state index in [4.69, 9.17) is 9.47 Å². The van der Waals surface area contributed by atoms with Gasteiger partial charge in [-0.05, 0) is 42.5 Å². The molecule has 118 valence electrons. The summed E-state index contributed by atoms with van der Waals surface area (Å²) in [5.74, 6) is 0.887. The second kappa shape index (κ2) is 6.39. The lowest BCUT2D eigenvalue weighted by molar-refractivity contribution is -0.116. The van der Waals surface area contributed by atoms with E-state index in [1.165, 1.54) is 0 Å². The number of hydrogen-bond donors (Lipinski definition) is 2. The Labute approximate surface area is 133 Å². The summed E-state index contributed by atoms with van der Waals surface area (Å²) < 4.78 is 10.5. The van der Waals surface area contributed by atoms with Crippen LogP contribution in [0.4, 0.5) is 11.4 Å². The van der Waals surface area contributed by atoms with E-state index in [1.807, 2.05) is 0 Å². The van der Waals surface area contributed by atoms with E-state index in [-0.39, 0.29) is 11.8 Å². The molecule has 0 unspecified atom stereocenters. The van der Waals surface area contributed by atoms with Crippen molar-refractivity contribution < 1.29 is 19.1 Å². The highest BCUT2D eigenvalue weighted by atomic mass is 16.5. The molecular weight excluding hydrogens is 296 g/mol. The van der Waals surface area contributed by atoms with Gasteiger partial charge in [0.1, 0.15) is 11.5 Å². The quantitative estimate of drug-likeness (QED) is 0.913. The summed E-state index contributed by atoms with van der Waals surface area (Å²) in [5, 5.41) is 5.53. The lowest BCUT2D eigenvalue weighted by atomic mass is 10.1. The van der Waals surface area contributed by atoms with Crippen LogP contribution in [0.3, 0.4) is 0 Å². The highest BCUT2D eigenvalue weighted by Crippen LogP contribution is 2.28. The fourth-order valence-corrected chi connectivity index (χ4v) is 2.24. The maximum atomic E-state index is 12.3. The minimum atomic E-state index is -0.267. The Bertz CT molecular complexity index is 741. The zero-order valence-electron chi connectivity index (χ0n) is 12.6. The van der Waals surface area contributed by atoms with E-state index in [0.717, 1.165) is 0 Å². The third-order valence-corrected chi connectivity index (χ3v) is 3.45. The normalized spacial score (nSPS) is 13.2. The van der Waals surface area contributed by atoms with E-state index in [2.05, 4.69) is 10.6 Å². The summed E-state index contributed by atoms with van der Waals surface area (Å²) in [4.78, 5) is 23.9. The van der Waals surface area contributed by atoms with Crippen molar-refractivity contribution in [3.63, 3.8) is 0 Å². The molecule has 1 heterocycles. The second-order valence-electron chi connectivity index (χ2n) is 5.04. The zero-order chi connectivity index (χ0) is 16.2. The number of fused-ring (bicyclic) bond motifs is 1. The van der Waals surface area contributed by atoms with Crippen molar-refractivity contribution in [1.29, 1.82) is 0 Å². The first-order valence-corrected chi connectivity index (χ1v) is 7.18. The summed E-state index contributed by atoms with van der Waals surface area (Å²) in [6.45, 7) is 0.330. The van der Waals surface area contributed by atoms with Gasteiger partial charge in [0.2, 0.25) is 5.91 Å². The standard InChI is InChI=1S/C17H16N2O4/c1-22-13-5-3-12(4-6-13)18-17(21)11-2-7-15-14(10-11)19-16(20)8-9-23-15/h2-7,10H,8-9H2,1H3,(H,18,21)(H,19,20). The topological polar surface area (TPSA) is 76.7 Å². The van der Waals surface area contributed by atoms with Gasteiger partial charge in [0, 0.05) is 11.3 Å². The maximum Gasteiger partial charge on any atom is 0.255 e. The number of benzene rings is 2. The number of carbonyl (C=O) groups is 2. The molecule has 0 saturated carbocycles. The molecule has 2 aromatic carbocycles. The Kier molecular flexibility index (Phi) is 4.14. The van der Waals surface area contributed by atoms with Crippen LogP contribution in [0.5, 0.6) is 11.5 Å². The molecule has 2 N–H and O–H groups in total. The van der Waals surface area contributed by atoms with Crippen molar-refractivity contribution in [2.45, 2.75) is 6.42 Å². The molecule has 6 nitrogen and oxygen atoms in total. The van der Waals surface area contributed by atoms with Gasteiger partial charge < -0.3 is 20.1 Å². The third kappa shape index (κ3) is 3.42. The SMILES string of the molecule is COc1ccc(NC(=O)c2ccc3c(c2)NC(=O)CCO3)cc1. The molecule has 2 aromatic rings. The Hall–Kier alpha value is -3.02. The van der Waals surface area contributed by atoms with E-state index >= 15 is 0 Å². The lowest BCUT2D eigenvalue weighted by Gasteiger charge is -2.10. The molecule has 0 fully saturated rings. The second-order valence-corrected chi connectivity index (χ2v) is 5.04. The Morgan fingerprint density at radius 2 is 2.00 bits per heavy atom. The number of hydrogen-bond acceptors (Lipinski definition) is 4. The van der Waals surface area contributed by atoms with Gasteiger partial charge in [0.25, 0.3) is 5.91 Å². The van der Waals surface area contributed by atoms with Crippen molar-refractivity contribution in [3.05, 3.63) is 48.0 Å². The first-order chi connectivity index (χ1) is 11.2. The number of ether oxygens (including phenoxy) is 2. The number of anilines is 2. The fourth-order valence-electron chi connectivity index (χ4n) is 2.24. The number of rotatable bonds is 3. The smallest absolute Gasteiger partial charge is 0.255 e. The Balaban J connectivity index is 1.78. The molecular formula is C17H16N2O4. The molecule has 3 rings (SSSR count). The van der Waals surface area contributed by atoms with Gasteiger partial charge in [-0.15, -0.1) is 0 Å². The summed E-state index contributed by atoms with van der Waals surface area (Å²) in [6.07, 6.45) is 0.294. The number of methoxy groups -OCH3 is 1. The first-order valence-electron chi connectivity index (χ1n) is 7.18. The highest BCUT2D eigenvalue weighted by Gasteiger charge is 2.16. The van der Waals surface area contributed by atoms with Crippen molar-refractivity contribution in [3.8, 4) is 11.5 Å². The molecule has 0 bridgehead atoms. The molecule has 0 radical (unpaired) electrons. The fraction of sp³-hybridized carbons (Fsp3) is 0.176. The molecule has 0 saturated heterocycles. The van der Waals surface area contributed by atoms with Crippen LogP contribution >= 0.6 is 0 Å². The molecule has 0 atom stereocenters. The highest BCUT2D eigenvalue weighted by molar-refractivity contribution is 6.06. The molecule has 6 heteroatoms. The van der Waals surface area contributed by atoms with E-state index in [0.29, 0.717) is 41.5 Å². The van der Waals surface area contributed by atoms with Gasteiger partial charge in [-0.2, -0.15) is 0 Å². The van der Waals surface area contributed by atoms with Crippen LogP contribution in [0, 0.1) is 0 Å². The average Bonchev–Trinajstić information content (AvgIpc) is 2.75. The largest absolute Gasteiger partial charge is 0.497 e. The van der Waals surface area contributed by atoms with Gasteiger partial charge in [-0.1, -0.05) is 0 Å². The van der Waals surface area contributed by atoms with E-state index in [9.17, 15) is 9.59 Å². The van der Waals surface area contributed by atoms with Gasteiger partial charge in [0.05, 0.1) is 25.8 Å². The minimum Gasteiger partial charge on any atom is -0.497 e. The van der Waals surface area contributed by atoms with Crippen molar-refractivity contribution in [2.75, 3.05) is 24.4 Å². The maximum absolute atomic E-state index is 12.3.